The molecule has 2 heterocycles. The average molecular weight is 515 g/mol. The van der Waals surface area contributed by atoms with E-state index in [0.29, 0.717) is 34.7 Å². The summed E-state index contributed by atoms with van der Waals surface area (Å²) in [6.07, 6.45) is 3.93. The Kier molecular flexibility index (Phi) is 8.42. The fourth-order valence-corrected chi connectivity index (χ4v) is 4.12. The van der Waals surface area contributed by atoms with E-state index in [1.165, 1.54) is 16.7 Å². The summed E-state index contributed by atoms with van der Waals surface area (Å²) in [6.45, 7) is 4.42. The predicted molar refractivity (Wildman–Crippen MR) is 142 cm³/mol. The molecule has 1 atom stereocenters. The largest absolute Gasteiger partial charge is 0.465 e. The van der Waals surface area contributed by atoms with Crippen molar-refractivity contribution in [2.75, 3.05) is 18.6 Å². The summed E-state index contributed by atoms with van der Waals surface area (Å²) in [5.41, 5.74) is 2.52. The quantitative estimate of drug-likeness (QED) is 0.322. The molecule has 10 nitrogen and oxygen atoms in total. The van der Waals surface area contributed by atoms with Gasteiger partial charge >= 0.3 is 5.97 Å². The SMILES string of the molecule is COC(=O)c1cccc(N(C(=O)Cn2nnc3ccccc32)[C@H](C(=O)NCCC(C)C)c2ccncc2)c1. The lowest BCUT2D eigenvalue weighted by Crippen LogP contribution is -2.45. The second-order valence-electron chi connectivity index (χ2n) is 9.20. The van der Waals surface area contributed by atoms with Gasteiger partial charge in [-0.25, -0.2) is 9.48 Å². The summed E-state index contributed by atoms with van der Waals surface area (Å²) >= 11 is 0. The molecular formula is C28H30N6O4. The molecule has 0 saturated carbocycles. The summed E-state index contributed by atoms with van der Waals surface area (Å²) in [6, 6.07) is 16.1. The summed E-state index contributed by atoms with van der Waals surface area (Å²) < 4.78 is 6.38. The number of carbonyl (C=O) groups excluding carboxylic acids is 3. The van der Waals surface area contributed by atoms with Crippen molar-refractivity contribution < 1.29 is 19.1 Å². The zero-order valence-corrected chi connectivity index (χ0v) is 21.6. The van der Waals surface area contributed by atoms with Crippen molar-refractivity contribution in [1.29, 1.82) is 0 Å². The fourth-order valence-electron chi connectivity index (χ4n) is 4.12. The number of aromatic nitrogens is 4. The maximum Gasteiger partial charge on any atom is 0.337 e. The van der Waals surface area contributed by atoms with E-state index in [0.717, 1.165) is 6.42 Å². The maximum absolute atomic E-state index is 14.0. The van der Waals surface area contributed by atoms with Gasteiger partial charge in [0.1, 0.15) is 18.1 Å². The van der Waals surface area contributed by atoms with E-state index in [2.05, 4.69) is 34.5 Å². The zero-order valence-electron chi connectivity index (χ0n) is 21.6. The molecular weight excluding hydrogens is 484 g/mol. The van der Waals surface area contributed by atoms with Gasteiger partial charge in [-0.15, -0.1) is 5.10 Å². The van der Waals surface area contributed by atoms with Gasteiger partial charge in [0.15, 0.2) is 0 Å². The van der Waals surface area contributed by atoms with Crippen LogP contribution in [0.25, 0.3) is 11.0 Å². The molecule has 10 heteroatoms. The molecule has 2 aromatic heterocycles. The lowest BCUT2D eigenvalue weighted by molar-refractivity contribution is -0.127. The number of pyridine rings is 1. The first-order valence-corrected chi connectivity index (χ1v) is 12.4. The second-order valence-corrected chi connectivity index (χ2v) is 9.20. The molecule has 2 aromatic carbocycles. The molecule has 1 N–H and O–H groups in total. The molecule has 0 aliphatic rings. The highest BCUT2D eigenvalue weighted by molar-refractivity contribution is 6.02. The summed E-state index contributed by atoms with van der Waals surface area (Å²) in [7, 11) is 1.29. The van der Waals surface area contributed by atoms with E-state index in [-0.39, 0.29) is 18.0 Å². The molecule has 0 aliphatic heterocycles. The molecule has 4 aromatic rings. The number of benzene rings is 2. The third kappa shape index (κ3) is 6.03. The van der Waals surface area contributed by atoms with Crippen LogP contribution in [0.2, 0.25) is 0 Å². The number of amides is 2. The highest BCUT2D eigenvalue weighted by Crippen LogP contribution is 2.29. The van der Waals surface area contributed by atoms with Gasteiger partial charge in [-0.1, -0.05) is 37.3 Å². The second kappa shape index (κ2) is 12.1. The van der Waals surface area contributed by atoms with Crippen molar-refractivity contribution in [3.63, 3.8) is 0 Å². The van der Waals surface area contributed by atoms with Crippen LogP contribution in [0.3, 0.4) is 0 Å². The Morgan fingerprint density at radius 2 is 1.79 bits per heavy atom. The fraction of sp³-hybridized carbons (Fsp3) is 0.286. The van der Waals surface area contributed by atoms with Crippen LogP contribution in [-0.2, 0) is 20.9 Å². The number of ether oxygens (including phenoxy) is 1. The zero-order chi connectivity index (χ0) is 27.1. The minimum atomic E-state index is -1.03. The first-order chi connectivity index (χ1) is 18.4. The van der Waals surface area contributed by atoms with E-state index >= 15 is 0 Å². The molecule has 0 fully saturated rings. The van der Waals surface area contributed by atoms with Gasteiger partial charge < -0.3 is 10.1 Å². The predicted octanol–water partition coefficient (Wildman–Crippen LogP) is 3.55. The first-order valence-electron chi connectivity index (χ1n) is 12.4. The topological polar surface area (TPSA) is 119 Å². The summed E-state index contributed by atoms with van der Waals surface area (Å²) in [5.74, 6) is -0.922. The number of rotatable bonds is 10. The molecule has 0 saturated heterocycles. The Balaban J connectivity index is 1.79. The van der Waals surface area contributed by atoms with Gasteiger partial charge in [0.05, 0.1) is 18.2 Å². The van der Waals surface area contributed by atoms with Crippen LogP contribution in [-0.4, -0.2) is 51.4 Å². The van der Waals surface area contributed by atoms with Gasteiger partial charge in [0, 0.05) is 24.6 Å². The average Bonchev–Trinajstić information content (AvgIpc) is 3.34. The van der Waals surface area contributed by atoms with E-state index in [9.17, 15) is 14.4 Å². The van der Waals surface area contributed by atoms with Crippen LogP contribution in [0.15, 0.2) is 73.1 Å². The minimum absolute atomic E-state index is 0.177. The number of fused-ring (bicyclic) bond motifs is 1. The van der Waals surface area contributed by atoms with Crippen molar-refractivity contribution >= 4 is 34.5 Å². The molecule has 0 spiro atoms. The van der Waals surface area contributed by atoms with E-state index in [4.69, 9.17) is 4.74 Å². The van der Waals surface area contributed by atoms with Crippen LogP contribution < -0.4 is 10.2 Å². The first kappa shape index (κ1) is 26.5. The Labute approximate surface area is 220 Å². The smallest absolute Gasteiger partial charge is 0.337 e. The number of anilines is 1. The van der Waals surface area contributed by atoms with Crippen LogP contribution in [0, 0.1) is 5.92 Å². The molecule has 38 heavy (non-hydrogen) atoms. The van der Waals surface area contributed by atoms with E-state index < -0.39 is 17.9 Å². The van der Waals surface area contributed by atoms with Gasteiger partial charge in [-0.05, 0) is 60.4 Å². The van der Waals surface area contributed by atoms with Crippen molar-refractivity contribution in [2.24, 2.45) is 5.92 Å². The third-order valence-electron chi connectivity index (χ3n) is 6.07. The lowest BCUT2D eigenvalue weighted by Gasteiger charge is -2.31. The molecule has 2 amide bonds. The minimum Gasteiger partial charge on any atom is -0.465 e. The number of methoxy groups -OCH3 is 1. The Morgan fingerprint density at radius 1 is 1.03 bits per heavy atom. The Hall–Kier alpha value is -4.60. The lowest BCUT2D eigenvalue weighted by atomic mass is 10.0. The van der Waals surface area contributed by atoms with Gasteiger partial charge in [0.25, 0.3) is 0 Å². The molecule has 0 bridgehead atoms. The molecule has 4 rings (SSSR count). The molecule has 0 radical (unpaired) electrons. The number of hydrogen-bond donors (Lipinski definition) is 1. The number of esters is 1. The number of carbonyl (C=O) groups is 3. The van der Waals surface area contributed by atoms with E-state index in [1.807, 2.05) is 24.3 Å². The van der Waals surface area contributed by atoms with Crippen molar-refractivity contribution in [3.8, 4) is 0 Å². The van der Waals surface area contributed by atoms with Crippen molar-refractivity contribution in [3.05, 3.63) is 84.2 Å². The standard InChI is InChI=1S/C28H30N6O4/c1-19(2)11-16-30-27(36)26(20-12-14-29-15-13-20)34(22-8-6-7-21(17-22)28(37)38-3)25(35)18-33-24-10-5-4-9-23(24)31-32-33/h4-10,12-15,17,19,26H,11,16,18H2,1-3H3,(H,30,36)/t26-/m0/s1. The van der Waals surface area contributed by atoms with Crippen LogP contribution in [0.1, 0.15) is 42.2 Å². The van der Waals surface area contributed by atoms with Crippen LogP contribution in [0.4, 0.5) is 5.69 Å². The van der Waals surface area contributed by atoms with Gasteiger partial charge in [-0.3, -0.25) is 19.5 Å². The highest BCUT2D eigenvalue weighted by atomic mass is 16.5. The Bertz CT molecular complexity index is 1420. The number of hydrogen-bond acceptors (Lipinski definition) is 7. The molecule has 196 valence electrons. The third-order valence-corrected chi connectivity index (χ3v) is 6.07. The normalized spacial score (nSPS) is 11.8. The molecule has 0 aliphatic carbocycles. The van der Waals surface area contributed by atoms with Gasteiger partial charge in [-0.2, -0.15) is 0 Å². The Morgan fingerprint density at radius 3 is 2.53 bits per heavy atom. The summed E-state index contributed by atoms with van der Waals surface area (Å²) in [4.78, 5) is 45.5. The van der Waals surface area contributed by atoms with Gasteiger partial charge in [0.2, 0.25) is 11.8 Å². The maximum atomic E-state index is 14.0. The highest BCUT2D eigenvalue weighted by Gasteiger charge is 2.33. The van der Waals surface area contributed by atoms with E-state index in [1.54, 1.807) is 48.8 Å². The number of nitrogens with zero attached hydrogens (tertiary/aromatic N) is 5. The van der Waals surface area contributed by atoms with Crippen molar-refractivity contribution in [1.82, 2.24) is 25.3 Å². The van der Waals surface area contributed by atoms with Crippen LogP contribution >= 0.6 is 0 Å². The summed E-state index contributed by atoms with van der Waals surface area (Å²) in [5, 5.41) is 11.3. The van der Waals surface area contributed by atoms with Crippen LogP contribution in [0.5, 0.6) is 0 Å². The van der Waals surface area contributed by atoms with Crippen molar-refractivity contribution in [2.45, 2.75) is 32.9 Å². The number of para-hydroxylation sites is 1. The molecule has 0 unspecified atom stereocenters. The monoisotopic (exact) mass is 514 g/mol. The number of nitrogens with one attached hydrogen (secondary N) is 1.